The van der Waals surface area contributed by atoms with Crippen LogP contribution in [0.5, 0.6) is 5.75 Å². The summed E-state index contributed by atoms with van der Waals surface area (Å²) in [5, 5.41) is 0. The summed E-state index contributed by atoms with van der Waals surface area (Å²) >= 11 is 0. The van der Waals surface area contributed by atoms with Crippen molar-refractivity contribution in [3.63, 3.8) is 0 Å². The zero-order valence-electron chi connectivity index (χ0n) is 18.1. The van der Waals surface area contributed by atoms with Crippen molar-refractivity contribution >= 4 is 11.6 Å². The molecular formula is C25H28N4O2. The molecule has 5 rings (SSSR count). The summed E-state index contributed by atoms with van der Waals surface area (Å²) in [5.41, 5.74) is 2.79. The van der Waals surface area contributed by atoms with Gasteiger partial charge in [-0.3, -0.25) is 4.79 Å². The van der Waals surface area contributed by atoms with E-state index in [0.29, 0.717) is 17.9 Å². The van der Waals surface area contributed by atoms with Crippen LogP contribution in [0, 0.1) is 0 Å². The van der Waals surface area contributed by atoms with Gasteiger partial charge >= 0.3 is 0 Å². The van der Waals surface area contributed by atoms with Gasteiger partial charge in [-0.25, -0.2) is 4.98 Å². The number of nitrogens with zero attached hydrogens (tertiary/aromatic N) is 4. The van der Waals surface area contributed by atoms with Crippen molar-refractivity contribution < 1.29 is 9.53 Å². The van der Waals surface area contributed by atoms with Crippen molar-refractivity contribution in [2.45, 2.75) is 31.7 Å². The Balaban J connectivity index is 1.54. The molecule has 2 aliphatic heterocycles. The van der Waals surface area contributed by atoms with Gasteiger partial charge in [0.1, 0.15) is 11.3 Å². The molecule has 160 valence electrons. The summed E-state index contributed by atoms with van der Waals surface area (Å²) in [6.45, 7) is 4.54. The Labute approximate surface area is 183 Å². The highest BCUT2D eigenvalue weighted by Crippen LogP contribution is 2.47. The highest BCUT2D eigenvalue weighted by molar-refractivity contribution is 5.95. The van der Waals surface area contributed by atoms with Crippen molar-refractivity contribution in [3.8, 4) is 11.6 Å². The third kappa shape index (κ3) is 3.09. The number of ether oxygens (including phenoxy) is 1. The molecule has 0 unspecified atom stereocenters. The van der Waals surface area contributed by atoms with Gasteiger partial charge in [-0.1, -0.05) is 19.4 Å². The quantitative estimate of drug-likeness (QED) is 0.624. The molecule has 0 saturated carbocycles. The van der Waals surface area contributed by atoms with Gasteiger partial charge in [-0.2, -0.15) is 0 Å². The molecule has 0 aliphatic carbocycles. The lowest BCUT2D eigenvalue weighted by Crippen LogP contribution is -2.53. The Morgan fingerprint density at radius 3 is 2.94 bits per heavy atom. The van der Waals surface area contributed by atoms with Crippen molar-refractivity contribution in [1.29, 1.82) is 0 Å². The van der Waals surface area contributed by atoms with Crippen molar-refractivity contribution in [2.75, 3.05) is 31.6 Å². The van der Waals surface area contributed by atoms with Crippen LogP contribution in [0.15, 0.2) is 60.9 Å². The van der Waals surface area contributed by atoms with E-state index in [2.05, 4.69) is 40.8 Å². The Kier molecular flexibility index (Phi) is 4.93. The number of carbonyl (C=O) groups is 1. The van der Waals surface area contributed by atoms with E-state index in [-0.39, 0.29) is 11.4 Å². The number of carbonyl (C=O) groups excluding carboxylic acids is 1. The molecule has 0 N–H and O–H groups in total. The topological polar surface area (TPSA) is 50.6 Å². The molecule has 2 aliphatic rings. The fraction of sp³-hybridized carbons (Fsp3) is 0.360. The Hall–Kier alpha value is -3.28. The van der Waals surface area contributed by atoms with E-state index < -0.39 is 0 Å². The average molecular weight is 417 g/mol. The number of aromatic nitrogens is 2. The van der Waals surface area contributed by atoms with Crippen LogP contribution < -0.4 is 9.64 Å². The van der Waals surface area contributed by atoms with Crippen LogP contribution in [0.25, 0.3) is 5.82 Å². The number of benzene rings is 1. The van der Waals surface area contributed by atoms with Crippen LogP contribution in [0.2, 0.25) is 0 Å². The number of unbranched alkanes of at least 4 members (excludes halogenated alkanes) is 1. The molecule has 6 heteroatoms. The molecule has 1 fully saturated rings. The van der Waals surface area contributed by atoms with E-state index in [4.69, 9.17) is 9.72 Å². The van der Waals surface area contributed by atoms with Crippen molar-refractivity contribution in [1.82, 2.24) is 14.5 Å². The molecular weight excluding hydrogens is 388 g/mol. The first-order valence-electron chi connectivity index (χ1n) is 11.0. The molecule has 31 heavy (non-hydrogen) atoms. The van der Waals surface area contributed by atoms with Crippen LogP contribution in [0.1, 0.15) is 42.2 Å². The third-order valence-electron chi connectivity index (χ3n) is 6.61. The Morgan fingerprint density at radius 2 is 2.10 bits per heavy atom. The predicted octanol–water partition coefficient (Wildman–Crippen LogP) is 4.24. The number of amides is 1. The summed E-state index contributed by atoms with van der Waals surface area (Å²) in [5.74, 6) is 1.74. The number of hydrogen-bond donors (Lipinski definition) is 0. The van der Waals surface area contributed by atoms with Gasteiger partial charge in [0.2, 0.25) is 0 Å². The molecule has 4 heterocycles. The van der Waals surface area contributed by atoms with E-state index in [1.807, 2.05) is 41.4 Å². The fourth-order valence-electron chi connectivity index (χ4n) is 5.08. The molecule has 0 radical (unpaired) electrons. The maximum Gasteiger partial charge on any atom is 0.254 e. The summed E-state index contributed by atoms with van der Waals surface area (Å²) in [6.07, 6.45) is 7.06. The normalized spacial score (nSPS) is 19.4. The number of hydrogen-bond acceptors (Lipinski definition) is 4. The minimum absolute atomic E-state index is 0.0568. The minimum Gasteiger partial charge on any atom is -0.497 e. The van der Waals surface area contributed by atoms with E-state index in [1.54, 1.807) is 7.11 Å². The zero-order valence-corrected chi connectivity index (χ0v) is 18.1. The predicted molar refractivity (Wildman–Crippen MR) is 121 cm³/mol. The van der Waals surface area contributed by atoms with Crippen LogP contribution in [-0.4, -0.2) is 47.1 Å². The fourth-order valence-corrected chi connectivity index (χ4v) is 5.08. The van der Waals surface area contributed by atoms with E-state index >= 15 is 0 Å². The van der Waals surface area contributed by atoms with Gasteiger partial charge in [0.25, 0.3) is 5.91 Å². The summed E-state index contributed by atoms with van der Waals surface area (Å²) < 4.78 is 7.53. The molecule has 0 bridgehead atoms. The highest BCUT2D eigenvalue weighted by Gasteiger charge is 2.50. The van der Waals surface area contributed by atoms with Gasteiger partial charge in [-0.15, -0.1) is 0 Å². The lowest BCUT2D eigenvalue weighted by atomic mass is 9.88. The standard InChI is InChI=1S/C25H28N4O2/c1-3-4-15-29-21-10-6-13-26-23(21)28-14-7-11-22(28)25(29)12-16-27(18-25)24(30)19-8-5-9-20(17-19)31-2/h5-11,13-14,17H,3-4,12,15-16,18H2,1-2H3/t25-/m0/s1. The summed E-state index contributed by atoms with van der Waals surface area (Å²) in [6, 6.07) is 15.9. The van der Waals surface area contributed by atoms with E-state index in [1.165, 1.54) is 5.69 Å². The minimum atomic E-state index is -0.247. The van der Waals surface area contributed by atoms with Gasteiger partial charge in [0.05, 0.1) is 18.5 Å². The van der Waals surface area contributed by atoms with E-state index in [9.17, 15) is 4.79 Å². The first-order chi connectivity index (χ1) is 15.2. The summed E-state index contributed by atoms with van der Waals surface area (Å²) in [7, 11) is 1.63. The second-order valence-corrected chi connectivity index (χ2v) is 8.36. The lowest BCUT2D eigenvalue weighted by molar-refractivity contribution is 0.0781. The van der Waals surface area contributed by atoms with Crippen LogP contribution >= 0.6 is 0 Å². The second-order valence-electron chi connectivity index (χ2n) is 8.36. The number of anilines is 1. The number of pyridine rings is 1. The van der Waals surface area contributed by atoms with Gasteiger partial charge in [0, 0.05) is 37.6 Å². The zero-order chi connectivity index (χ0) is 21.4. The molecule has 1 saturated heterocycles. The van der Waals surface area contributed by atoms with Gasteiger partial charge in [-0.05, 0) is 55.3 Å². The van der Waals surface area contributed by atoms with Crippen LogP contribution in [0.3, 0.4) is 0 Å². The molecule has 1 amide bonds. The molecule has 3 aromatic rings. The molecule has 1 spiro atoms. The number of methoxy groups -OCH3 is 1. The first-order valence-corrected chi connectivity index (χ1v) is 11.0. The van der Waals surface area contributed by atoms with Crippen LogP contribution in [-0.2, 0) is 5.54 Å². The average Bonchev–Trinajstić information content (AvgIpc) is 3.48. The van der Waals surface area contributed by atoms with E-state index in [0.717, 1.165) is 43.9 Å². The Bertz CT molecular complexity index is 1110. The third-order valence-corrected chi connectivity index (χ3v) is 6.61. The monoisotopic (exact) mass is 416 g/mol. The maximum atomic E-state index is 13.4. The Morgan fingerprint density at radius 1 is 1.19 bits per heavy atom. The number of likely N-dealkylation sites (tertiary alicyclic amines) is 1. The molecule has 6 nitrogen and oxygen atoms in total. The largest absolute Gasteiger partial charge is 0.497 e. The molecule has 2 aromatic heterocycles. The van der Waals surface area contributed by atoms with Gasteiger partial charge in [0.15, 0.2) is 5.82 Å². The van der Waals surface area contributed by atoms with Crippen molar-refractivity contribution in [3.05, 3.63) is 72.2 Å². The van der Waals surface area contributed by atoms with Crippen molar-refractivity contribution in [2.24, 2.45) is 0 Å². The second kappa shape index (κ2) is 7.76. The number of fused-ring (bicyclic) bond motifs is 4. The smallest absolute Gasteiger partial charge is 0.254 e. The molecule has 1 atom stereocenters. The van der Waals surface area contributed by atoms with Gasteiger partial charge < -0.3 is 19.1 Å². The first kappa shape index (κ1) is 19.7. The summed E-state index contributed by atoms with van der Waals surface area (Å²) in [4.78, 5) is 22.6. The van der Waals surface area contributed by atoms with Crippen LogP contribution in [0.4, 0.5) is 5.69 Å². The molecule has 1 aromatic carbocycles. The highest BCUT2D eigenvalue weighted by atomic mass is 16.5. The lowest BCUT2D eigenvalue weighted by Gasteiger charge is -2.47. The maximum absolute atomic E-state index is 13.4. The SMILES string of the molecule is CCCCN1c2cccnc2-n2cccc2[C@@]12CCN(C(=O)c1cccc(OC)c1)C2. The number of rotatable bonds is 5.